The quantitative estimate of drug-likeness (QED) is 0.233. The van der Waals surface area contributed by atoms with Crippen molar-refractivity contribution in [3.63, 3.8) is 0 Å². The number of halogens is 1. The van der Waals surface area contributed by atoms with Crippen LogP contribution in [0.15, 0.2) is 48.6 Å². The van der Waals surface area contributed by atoms with Crippen LogP contribution in [0.3, 0.4) is 0 Å². The predicted octanol–water partition coefficient (Wildman–Crippen LogP) is 1.65. The molecule has 0 fully saturated rings. The molecule has 0 radical (unpaired) electrons. The van der Waals surface area contributed by atoms with Gasteiger partial charge >= 0.3 is 0 Å². The molecule has 0 bridgehead atoms. The zero-order valence-electron chi connectivity index (χ0n) is 27.5. The number of unbranched alkanes of at least 4 members (excludes halogenated alkanes) is 3. The second-order valence-corrected chi connectivity index (χ2v) is 14.2. The van der Waals surface area contributed by atoms with Crippen molar-refractivity contribution >= 4 is 6.21 Å². The summed E-state index contributed by atoms with van der Waals surface area (Å²) >= 11 is 0. The van der Waals surface area contributed by atoms with Gasteiger partial charge in [0.2, 0.25) is 0 Å². The normalized spacial score (nSPS) is 31.1. The Morgan fingerprint density at radius 1 is 0.830 bits per heavy atom. The van der Waals surface area contributed by atoms with E-state index in [0.717, 1.165) is 75.0 Å². The minimum Gasteiger partial charge on any atom is -1.00 e. The van der Waals surface area contributed by atoms with Crippen LogP contribution < -0.4 is 35.9 Å². The molecule has 252 valence electrons. The number of hydrogen-bond donors (Lipinski definition) is 2. The number of ether oxygens (including phenoxy) is 4. The molecule has 0 saturated heterocycles. The van der Waals surface area contributed by atoms with Crippen LogP contribution in [0.2, 0.25) is 0 Å². The minimum atomic E-state index is -0.463. The lowest BCUT2D eigenvalue weighted by atomic mass is 9.69. The molecule has 0 unspecified atom stereocenters. The highest BCUT2D eigenvalue weighted by atomic mass is 79.9. The second-order valence-electron chi connectivity index (χ2n) is 14.2. The standard InChI is InChI=1S/C38H47N2O6.BrH/c1-43-29-9-7-25-23-39(19-15-37-13-11-27(41)21-31(37)45-35(29)33(25)37)17-5-3-4-6-18-40-20-16-38-14-12-28(42)22-32(38)46-36-30(44-2)10-8-26(24-40)34(36)38;/h7-14,23,27-28,31-32,41-42H,3-6,15-22,24H2,1-2H3;1H/q+1;/p-1/t27-,28-,31-,32-,37-,38-;/m0./s1. The molecule has 0 saturated carbocycles. The van der Waals surface area contributed by atoms with Gasteiger partial charge in [-0.25, -0.2) is 4.58 Å². The number of aliphatic hydroxyl groups is 2. The van der Waals surface area contributed by atoms with E-state index in [0.29, 0.717) is 12.8 Å². The van der Waals surface area contributed by atoms with E-state index >= 15 is 0 Å². The first-order valence-corrected chi connectivity index (χ1v) is 17.3. The summed E-state index contributed by atoms with van der Waals surface area (Å²) in [5.41, 5.74) is 4.66. The van der Waals surface area contributed by atoms with E-state index in [-0.39, 0.29) is 40.0 Å². The summed E-state index contributed by atoms with van der Waals surface area (Å²) < 4.78 is 26.8. The second kappa shape index (κ2) is 12.9. The van der Waals surface area contributed by atoms with Crippen LogP contribution in [0.1, 0.15) is 73.6 Å². The van der Waals surface area contributed by atoms with Gasteiger partial charge < -0.3 is 46.1 Å². The Morgan fingerprint density at radius 2 is 1.47 bits per heavy atom. The maximum absolute atomic E-state index is 10.4. The summed E-state index contributed by atoms with van der Waals surface area (Å²) in [5.74, 6) is 3.31. The van der Waals surface area contributed by atoms with Crippen LogP contribution in [0.4, 0.5) is 0 Å². The zero-order valence-corrected chi connectivity index (χ0v) is 29.1. The van der Waals surface area contributed by atoms with E-state index in [1.165, 1.54) is 41.5 Å². The van der Waals surface area contributed by atoms with Crippen molar-refractivity contribution in [3.8, 4) is 23.0 Å². The molecule has 2 aliphatic carbocycles. The molecule has 47 heavy (non-hydrogen) atoms. The predicted molar refractivity (Wildman–Crippen MR) is 176 cm³/mol. The van der Waals surface area contributed by atoms with Gasteiger partial charge in [-0.3, -0.25) is 4.90 Å². The number of hydrogen-bond acceptors (Lipinski definition) is 7. The maximum Gasteiger partial charge on any atom is 0.171 e. The molecule has 9 heteroatoms. The van der Waals surface area contributed by atoms with E-state index in [1.54, 1.807) is 14.2 Å². The van der Waals surface area contributed by atoms with E-state index in [9.17, 15) is 10.2 Å². The van der Waals surface area contributed by atoms with Crippen LogP contribution in [0, 0.1) is 0 Å². The van der Waals surface area contributed by atoms with Gasteiger partial charge in [-0.05, 0) is 56.1 Å². The highest BCUT2D eigenvalue weighted by molar-refractivity contribution is 5.83. The highest BCUT2D eigenvalue weighted by Gasteiger charge is 2.54. The SMILES string of the molecule is COc1ccc2c3c1O[C@H]1C[C@@H](O)C=C[C@@]31CC[N+](CCCCCCN1CC[C@@]34C=C[C@H](O)C[C@@H]3Oc3c(OC)ccc(c34)C1)=C2.[Br-]. The van der Waals surface area contributed by atoms with Crippen LogP contribution in [-0.2, 0) is 17.4 Å². The summed E-state index contributed by atoms with van der Waals surface area (Å²) in [6.07, 6.45) is 17.6. The molecule has 4 heterocycles. The fourth-order valence-electron chi connectivity index (χ4n) is 9.21. The van der Waals surface area contributed by atoms with Crippen molar-refractivity contribution in [2.45, 2.75) is 93.2 Å². The topological polar surface area (TPSA) is 83.6 Å². The minimum absolute atomic E-state index is 0. The van der Waals surface area contributed by atoms with Crippen molar-refractivity contribution in [3.05, 3.63) is 70.8 Å². The molecule has 8 nitrogen and oxygen atoms in total. The third-order valence-electron chi connectivity index (χ3n) is 11.6. The van der Waals surface area contributed by atoms with Crippen LogP contribution >= 0.6 is 0 Å². The maximum atomic E-state index is 10.4. The lowest BCUT2D eigenvalue weighted by molar-refractivity contribution is -0.524. The Balaban J connectivity index is 0.00000351. The Morgan fingerprint density at radius 3 is 2.17 bits per heavy atom. The Bertz CT molecular complexity index is 1610. The molecule has 0 amide bonds. The first-order chi connectivity index (χ1) is 22.4. The Kier molecular flexibility index (Phi) is 8.96. The molecule has 4 aliphatic heterocycles. The van der Waals surface area contributed by atoms with Crippen molar-refractivity contribution in [1.82, 2.24) is 4.90 Å². The third kappa shape index (κ3) is 5.42. The van der Waals surface area contributed by atoms with Gasteiger partial charge in [-0.2, -0.15) is 0 Å². The average molecular weight is 708 g/mol. The van der Waals surface area contributed by atoms with E-state index in [2.05, 4.69) is 40.0 Å². The molecule has 2 N–H and O–H groups in total. The lowest BCUT2D eigenvalue weighted by Crippen LogP contribution is -3.00. The largest absolute Gasteiger partial charge is 1.00 e. The van der Waals surface area contributed by atoms with Gasteiger partial charge in [0.15, 0.2) is 29.2 Å². The van der Waals surface area contributed by atoms with Crippen molar-refractivity contribution in [2.75, 3.05) is 40.4 Å². The number of benzene rings is 2. The Hall–Kier alpha value is -2.85. The van der Waals surface area contributed by atoms with Crippen molar-refractivity contribution in [2.24, 2.45) is 0 Å². The van der Waals surface area contributed by atoms with Crippen LogP contribution in [0.25, 0.3) is 0 Å². The van der Waals surface area contributed by atoms with E-state index < -0.39 is 12.2 Å². The van der Waals surface area contributed by atoms with E-state index in [1.807, 2.05) is 24.3 Å². The average Bonchev–Trinajstić information content (AvgIpc) is 3.44. The summed E-state index contributed by atoms with van der Waals surface area (Å²) in [5, 5.41) is 20.7. The molecule has 6 aliphatic rings. The fourth-order valence-corrected chi connectivity index (χ4v) is 9.21. The van der Waals surface area contributed by atoms with Gasteiger partial charge in [0.1, 0.15) is 25.3 Å². The van der Waals surface area contributed by atoms with Crippen molar-refractivity contribution in [1.29, 1.82) is 0 Å². The fraction of sp³-hybridized carbons (Fsp3) is 0.553. The first kappa shape index (κ1) is 32.7. The molecule has 6 atom stereocenters. The van der Waals surface area contributed by atoms with Gasteiger partial charge in [-0.15, -0.1) is 0 Å². The van der Waals surface area contributed by atoms with Crippen molar-refractivity contribution < 1.29 is 50.7 Å². The number of methoxy groups -OCH3 is 2. The van der Waals surface area contributed by atoms with Crippen LogP contribution in [-0.4, -0.2) is 90.7 Å². The summed E-state index contributed by atoms with van der Waals surface area (Å²) in [6.45, 7) is 5.04. The van der Waals surface area contributed by atoms with Gasteiger partial charge in [0.25, 0.3) is 0 Å². The molecular weight excluding hydrogens is 660 g/mol. The Labute approximate surface area is 288 Å². The molecule has 2 aromatic rings. The highest BCUT2D eigenvalue weighted by Crippen LogP contribution is 2.56. The molecule has 2 spiro atoms. The number of nitrogens with zero attached hydrogens (tertiary/aromatic N) is 2. The van der Waals surface area contributed by atoms with Gasteiger partial charge in [-0.1, -0.05) is 36.8 Å². The van der Waals surface area contributed by atoms with E-state index in [4.69, 9.17) is 18.9 Å². The lowest BCUT2D eigenvalue weighted by Gasteiger charge is -2.35. The van der Waals surface area contributed by atoms with Gasteiger partial charge in [0.05, 0.1) is 37.3 Å². The first-order valence-electron chi connectivity index (χ1n) is 17.3. The number of rotatable bonds is 9. The monoisotopic (exact) mass is 706 g/mol. The van der Waals surface area contributed by atoms with Crippen LogP contribution in [0.5, 0.6) is 23.0 Å². The summed E-state index contributed by atoms with van der Waals surface area (Å²) in [4.78, 5) is 2.61. The third-order valence-corrected chi connectivity index (χ3v) is 11.6. The molecule has 0 aromatic heterocycles. The zero-order chi connectivity index (χ0) is 31.5. The molecular formula is C38H47BrN2O6. The summed E-state index contributed by atoms with van der Waals surface area (Å²) in [6, 6.07) is 8.46. The molecule has 8 rings (SSSR count). The van der Waals surface area contributed by atoms with Gasteiger partial charge in [0, 0.05) is 48.9 Å². The number of aliphatic hydroxyl groups excluding tert-OH is 2. The molecule has 2 aromatic carbocycles. The smallest absolute Gasteiger partial charge is 0.171 e. The summed E-state index contributed by atoms with van der Waals surface area (Å²) in [7, 11) is 3.41.